The van der Waals surface area contributed by atoms with Crippen molar-refractivity contribution >= 4 is 11.3 Å². The van der Waals surface area contributed by atoms with Crippen molar-refractivity contribution in [3.05, 3.63) is 64.2 Å². The lowest BCUT2D eigenvalue weighted by molar-refractivity contribution is 0.244. The summed E-state index contributed by atoms with van der Waals surface area (Å²) in [5.41, 5.74) is 5.01. The molecular weight excluding hydrogens is 340 g/mol. The van der Waals surface area contributed by atoms with E-state index >= 15 is 0 Å². The van der Waals surface area contributed by atoms with Crippen molar-refractivity contribution < 1.29 is 0 Å². The number of hydrogen-bond donors (Lipinski definition) is 0. The van der Waals surface area contributed by atoms with E-state index in [1.807, 2.05) is 12.4 Å². The maximum atomic E-state index is 4.76. The Bertz CT molecular complexity index is 916. The van der Waals surface area contributed by atoms with Crippen LogP contribution >= 0.6 is 11.3 Å². The second kappa shape index (κ2) is 7.25. The molecule has 0 aliphatic carbocycles. The first-order valence-electron chi connectivity index (χ1n) is 9.18. The zero-order valence-electron chi connectivity index (χ0n) is 15.6. The largest absolute Gasteiger partial charge is 0.293 e. The molecule has 1 aromatic carbocycles. The van der Waals surface area contributed by atoms with Crippen LogP contribution < -0.4 is 0 Å². The molecule has 0 N–H and O–H groups in total. The molecule has 26 heavy (non-hydrogen) atoms. The predicted octanol–water partition coefficient (Wildman–Crippen LogP) is 4.59. The lowest BCUT2D eigenvalue weighted by atomic mass is 10.1. The van der Waals surface area contributed by atoms with Gasteiger partial charge in [0, 0.05) is 66.1 Å². The van der Waals surface area contributed by atoms with E-state index in [1.165, 1.54) is 27.3 Å². The van der Waals surface area contributed by atoms with Gasteiger partial charge in [-0.3, -0.25) is 4.90 Å². The summed E-state index contributed by atoms with van der Waals surface area (Å²) in [5.74, 6) is 1.35. The maximum Gasteiger partial charge on any atom is 0.131 e. The summed E-state index contributed by atoms with van der Waals surface area (Å²) in [6.45, 7) is 9.34. The van der Waals surface area contributed by atoms with Gasteiger partial charge < -0.3 is 0 Å². The second-order valence-electron chi connectivity index (χ2n) is 7.26. The third-order valence-electron chi connectivity index (χ3n) is 4.86. The van der Waals surface area contributed by atoms with Crippen LogP contribution in [0.2, 0.25) is 0 Å². The van der Waals surface area contributed by atoms with Crippen molar-refractivity contribution in [3.63, 3.8) is 0 Å². The summed E-state index contributed by atoms with van der Waals surface area (Å²) >= 11 is 1.80. The first kappa shape index (κ1) is 17.3. The summed E-state index contributed by atoms with van der Waals surface area (Å²) in [6, 6.07) is 8.45. The van der Waals surface area contributed by atoms with Crippen molar-refractivity contribution in [3.8, 4) is 10.6 Å². The lowest BCUT2D eigenvalue weighted by Crippen LogP contribution is -2.30. The number of fused-ring (bicyclic) bond motifs is 1. The Morgan fingerprint density at radius 2 is 2.00 bits per heavy atom. The van der Waals surface area contributed by atoms with Crippen LogP contribution in [0, 0.1) is 6.92 Å². The number of nitrogens with zero attached hydrogens (tertiary/aromatic N) is 4. The van der Waals surface area contributed by atoms with Gasteiger partial charge in [0.1, 0.15) is 10.8 Å². The van der Waals surface area contributed by atoms with Gasteiger partial charge in [0.05, 0.1) is 0 Å². The van der Waals surface area contributed by atoms with Crippen LogP contribution in [-0.4, -0.2) is 26.4 Å². The normalized spacial score (nSPS) is 14.6. The molecule has 0 amide bonds. The van der Waals surface area contributed by atoms with Crippen molar-refractivity contribution in [2.24, 2.45) is 0 Å². The van der Waals surface area contributed by atoms with E-state index < -0.39 is 0 Å². The fraction of sp³-hybridized carbons (Fsp3) is 0.381. The van der Waals surface area contributed by atoms with Crippen LogP contribution in [0.4, 0.5) is 0 Å². The van der Waals surface area contributed by atoms with Crippen LogP contribution in [0.5, 0.6) is 0 Å². The number of benzene rings is 1. The van der Waals surface area contributed by atoms with E-state index in [-0.39, 0.29) is 0 Å². The van der Waals surface area contributed by atoms with Gasteiger partial charge >= 0.3 is 0 Å². The SMILES string of the molecule is Cc1ccccc1-c1ncc(CN2CCc3nc(C(C)C)ncc3C2)s1. The molecule has 0 bridgehead atoms. The summed E-state index contributed by atoms with van der Waals surface area (Å²) in [7, 11) is 0. The molecule has 1 aliphatic rings. The molecule has 3 heterocycles. The number of hydrogen-bond acceptors (Lipinski definition) is 5. The van der Waals surface area contributed by atoms with Gasteiger partial charge in [-0.2, -0.15) is 0 Å². The van der Waals surface area contributed by atoms with E-state index in [0.29, 0.717) is 5.92 Å². The van der Waals surface area contributed by atoms with Crippen molar-refractivity contribution in [1.82, 2.24) is 19.9 Å². The summed E-state index contributed by atoms with van der Waals surface area (Å²) < 4.78 is 0. The molecule has 3 aromatic rings. The summed E-state index contributed by atoms with van der Waals surface area (Å²) in [6.07, 6.45) is 5.05. The molecule has 5 heteroatoms. The molecule has 4 nitrogen and oxygen atoms in total. The number of thiazole rings is 1. The molecule has 0 radical (unpaired) electrons. The standard InChI is InChI=1S/C21H24N4S/c1-14(2)20-22-10-16-12-25(9-8-19(16)24-20)13-17-11-23-21(26-17)18-7-5-4-6-15(18)3/h4-7,10-11,14H,8-9,12-13H2,1-3H3. The Hall–Kier alpha value is -2.11. The minimum absolute atomic E-state index is 0.385. The van der Waals surface area contributed by atoms with E-state index in [1.54, 1.807) is 11.3 Å². The number of aryl methyl sites for hydroxylation is 1. The average Bonchev–Trinajstić information content (AvgIpc) is 3.09. The lowest BCUT2D eigenvalue weighted by Gasteiger charge is -2.27. The van der Waals surface area contributed by atoms with Crippen LogP contribution in [-0.2, 0) is 19.5 Å². The molecule has 0 unspecified atom stereocenters. The van der Waals surface area contributed by atoms with Crippen LogP contribution in [0.3, 0.4) is 0 Å². The predicted molar refractivity (Wildman–Crippen MR) is 106 cm³/mol. The van der Waals surface area contributed by atoms with Gasteiger partial charge in [-0.1, -0.05) is 38.1 Å². The van der Waals surface area contributed by atoms with Crippen LogP contribution in [0.1, 0.15) is 47.3 Å². The highest BCUT2D eigenvalue weighted by atomic mass is 32.1. The first-order valence-corrected chi connectivity index (χ1v) is 9.99. The Morgan fingerprint density at radius 1 is 1.15 bits per heavy atom. The fourth-order valence-electron chi connectivity index (χ4n) is 3.34. The highest BCUT2D eigenvalue weighted by molar-refractivity contribution is 7.15. The molecule has 0 fully saturated rings. The van der Waals surface area contributed by atoms with Crippen molar-refractivity contribution in [2.45, 2.75) is 46.2 Å². The van der Waals surface area contributed by atoms with Gasteiger partial charge in [0.25, 0.3) is 0 Å². The quantitative estimate of drug-likeness (QED) is 0.679. The zero-order valence-corrected chi connectivity index (χ0v) is 16.4. The van der Waals surface area contributed by atoms with E-state index in [0.717, 1.165) is 36.9 Å². The van der Waals surface area contributed by atoms with Crippen molar-refractivity contribution in [2.75, 3.05) is 6.54 Å². The average molecular weight is 365 g/mol. The van der Waals surface area contributed by atoms with E-state index in [4.69, 9.17) is 4.98 Å². The minimum atomic E-state index is 0.385. The van der Waals surface area contributed by atoms with Crippen LogP contribution in [0.15, 0.2) is 36.7 Å². The molecule has 134 valence electrons. The Labute approximate surface area is 159 Å². The molecule has 2 aromatic heterocycles. The monoisotopic (exact) mass is 364 g/mol. The van der Waals surface area contributed by atoms with Gasteiger partial charge in [-0.05, 0) is 12.5 Å². The molecule has 0 atom stereocenters. The molecular formula is C21H24N4S. The minimum Gasteiger partial charge on any atom is -0.293 e. The Balaban J connectivity index is 1.47. The van der Waals surface area contributed by atoms with Crippen LogP contribution in [0.25, 0.3) is 10.6 Å². The number of rotatable bonds is 4. The van der Waals surface area contributed by atoms with Gasteiger partial charge in [-0.25, -0.2) is 15.0 Å². The Morgan fingerprint density at radius 3 is 2.81 bits per heavy atom. The third kappa shape index (κ3) is 3.55. The molecule has 0 spiro atoms. The zero-order chi connectivity index (χ0) is 18.1. The molecule has 0 saturated heterocycles. The highest BCUT2D eigenvalue weighted by Crippen LogP contribution is 2.29. The van der Waals surface area contributed by atoms with Gasteiger partial charge in [-0.15, -0.1) is 11.3 Å². The molecule has 4 rings (SSSR count). The third-order valence-corrected chi connectivity index (χ3v) is 5.87. The topological polar surface area (TPSA) is 41.9 Å². The highest BCUT2D eigenvalue weighted by Gasteiger charge is 2.20. The van der Waals surface area contributed by atoms with Crippen molar-refractivity contribution in [1.29, 1.82) is 0 Å². The maximum absolute atomic E-state index is 4.76. The smallest absolute Gasteiger partial charge is 0.131 e. The van der Waals surface area contributed by atoms with Gasteiger partial charge in [0.15, 0.2) is 0 Å². The van der Waals surface area contributed by atoms with E-state index in [2.05, 4.69) is 59.9 Å². The molecule has 1 aliphatic heterocycles. The second-order valence-corrected chi connectivity index (χ2v) is 8.38. The summed E-state index contributed by atoms with van der Waals surface area (Å²) in [4.78, 5) is 17.7. The number of aromatic nitrogens is 3. The fourth-order valence-corrected chi connectivity index (χ4v) is 4.39. The van der Waals surface area contributed by atoms with Gasteiger partial charge in [0.2, 0.25) is 0 Å². The van der Waals surface area contributed by atoms with E-state index in [9.17, 15) is 0 Å². The first-order chi connectivity index (χ1) is 12.6. The molecule has 0 saturated carbocycles. The Kier molecular flexibility index (Phi) is 4.83. The summed E-state index contributed by atoms with van der Waals surface area (Å²) in [5, 5.41) is 1.11.